The number of nitrogens with zero attached hydrogens (tertiary/aromatic N) is 2. The molecule has 0 atom stereocenters. The van der Waals surface area contributed by atoms with Crippen LogP contribution < -0.4 is 24.0 Å². The molecule has 0 unspecified atom stereocenters. The minimum atomic E-state index is 0. The minimum absolute atomic E-state index is 0. The van der Waals surface area contributed by atoms with Gasteiger partial charge in [-0.2, -0.15) is 0 Å². The monoisotopic (exact) mass is 310 g/mol. The van der Waals surface area contributed by atoms with Crippen LogP contribution in [0.15, 0.2) is 10.6 Å². The van der Waals surface area contributed by atoms with Crippen molar-refractivity contribution >= 4 is 0 Å². The topological polar surface area (TPSA) is 26.0 Å². The van der Waals surface area contributed by atoms with Gasteiger partial charge in [-0.1, -0.05) is 5.16 Å². The van der Waals surface area contributed by atoms with Crippen LogP contribution in [0.3, 0.4) is 0 Å². The van der Waals surface area contributed by atoms with E-state index in [0.717, 1.165) is 28.8 Å². The molecule has 14 heavy (non-hydrogen) atoms. The van der Waals surface area contributed by atoms with E-state index in [1.165, 1.54) is 6.54 Å². The summed E-state index contributed by atoms with van der Waals surface area (Å²) >= 11 is 0. The standard InChI is InChI=1S/C10H19N2O.HI/c1-9-8-10(13-11-9)6-5-7-12(2,3)4;/h8H,5-7H2,1-4H3;1H/q+1;/p-1. The Labute approximate surface area is 103 Å². The maximum absolute atomic E-state index is 5.12. The van der Waals surface area contributed by atoms with Crippen molar-refractivity contribution in [2.24, 2.45) is 0 Å². The lowest BCUT2D eigenvalue weighted by atomic mass is 10.2. The zero-order chi connectivity index (χ0) is 9.90. The van der Waals surface area contributed by atoms with Crippen LogP contribution in [0.1, 0.15) is 17.9 Å². The molecule has 0 amide bonds. The Morgan fingerprint density at radius 2 is 2.00 bits per heavy atom. The fraction of sp³-hybridized carbons (Fsp3) is 0.700. The molecule has 0 saturated heterocycles. The fourth-order valence-electron chi connectivity index (χ4n) is 1.26. The molecule has 0 aliphatic rings. The van der Waals surface area contributed by atoms with Crippen LogP contribution >= 0.6 is 0 Å². The zero-order valence-corrected chi connectivity index (χ0v) is 11.5. The summed E-state index contributed by atoms with van der Waals surface area (Å²) < 4.78 is 6.13. The van der Waals surface area contributed by atoms with Crippen molar-refractivity contribution in [1.82, 2.24) is 5.16 Å². The second-order valence-corrected chi connectivity index (χ2v) is 4.55. The van der Waals surface area contributed by atoms with Crippen molar-refractivity contribution < 1.29 is 33.0 Å². The lowest BCUT2D eigenvalue weighted by Gasteiger charge is -2.23. The van der Waals surface area contributed by atoms with Crippen molar-refractivity contribution in [1.29, 1.82) is 0 Å². The van der Waals surface area contributed by atoms with Gasteiger partial charge in [-0.05, 0) is 6.92 Å². The number of quaternary nitrogens is 1. The predicted octanol–water partition coefficient (Wildman–Crippen LogP) is -1.37. The van der Waals surface area contributed by atoms with Crippen molar-refractivity contribution in [3.05, 3.63) is 17.5 Å². The van der Waals surface area contributed by atoms with Gasteiger partial charge in [0, 0.05) is 18.9 Å². The van der Waals surface area contributed by atoms with Gasteiger partial charge in [-0.3, -0.25) is 0 Å². The molecule has 0 spiro atoms. The summed E-state index contributed by atoms with van der Waals surface area (Å²) in [6.45, 7) is 3.12. The third-order valence-electron chi connectivity index (χ3n) is 1.93. The number of halogens is 1. The van der Waals surface area contributed by atoms with Crippen molar-refractivity contribution in [3.8, 4) is 0 Å². The van der Waals surface area contributed by atoms with E-state index in [1.54, 1.807) is 0 Å². The maximum atomic E-state index is 5.12. The van der Waals surface area contributed by atoms with Gasteiger partial charge in [0.15, 0.2) is 0 Å². The Balaban J connectivity index is 0.00000169. The van der Waals surface area contributed by atoms with E-state index in [1.807, 2.05) is 13.0 Å². The molecule has 0 radical (unpaired) electrons. The van der Waals surface area contributed by atoms with Gasteiger partial charge in [0.2, 0.25) is 0 Å². The van der Waals surface area contributed by atoms with Gasteiger partial charge < -0.3 is 33.0 Å². The lowest BCUT2D eigenvalue weighted by Crippen LogP contribution is -3.00. The summed E-state index contributed by atoms with van der Waals surface area (Å²) in [6, 6.07) is 2.01. The first kappa shape index (κ1) is 13.9. The Morgan fingerprint density at radius 3 is 2.43 bits per heavy atom. The summed E-state index contributed by atoms with van der Waals surface area (Å²) in [6.07, 6.45) is 2.15. The van der Waals surface area contributed by atoms with Crippen LogP contribution in [0.2, 0.25) is 0 Å². The summed E-state index contributed by atoms with van der Waals surface area (Å²) in [4.78, 5) is 0. The van der Waals surface area contributed by atoms with Crippen LogP contribution in [0.5, 0.6) is 0 Å². The Kier molecular flexibility index (Phi) is 5.66. The first-order valence-electron chi connectivity index (χ1n) is 4.70. The first-order chi connectivity index (χ1) is 5.97. The summed E-state index contributed by atoms with van der Waals surface area (Å²) in [5, 5.41) is 3.85. The summed E-state index contributed by atoms with van der Waals surface area (Å²) in [5.41, 5.74) is 0.972. The highest BCUT2D eigenvalue weighted by Gasteiger charge is 2.07. The maximum Gasteiger partial charge on any atom is 0.137 e. The normalized spacial score (nSPS) is 11.1. The molecule has 0 N–H and O–H groups in total. The van der Waals surface area contributed by atoms with E-state index in [9.17, 15) is 0 Å². The molecule has 1 aromatic rings. The van der Waals surface area contributed by atoms with Crippen molar-refractivity contribution in [3.63, 3.8) is 0 Å². The van der Waals surface area contributed by atoms with Crippen LogP contribution in [0, 0.1) is 6.92 Å². The molecular weight excluding hydrogens is 291 g/mol. The Hall–Kier alpha value is -0.100. The van der Waals surface area contributed by atoms with Crippen LogP contribution in [0.25, 0.3) is 0 Å². The van der Waals surface area contributed by atoms with Crippen LogP contribution in [-0.2, 0) is 6.42 Å². The number of rotatable bonds is 4. The molecule has 3 nitrogen and oxygen atoms in total. The highest BCUT2D eigenvalue weighted by Crippen LogP contribution is 2.06. The quantitative estimate of drug-likeness (QED) is 0.506. The van der Waals surface area contributed by atoms with E-state index in [0.29, 0.717) is 0 Å². The molecule has 1 rings (SSSR count). The smallest absolute Gasteiger partial charge is 0.137 e. The molecule has 82 valence electrons. The number of hydrogen-bond acceptors (Lipinski definition) is 2. The molecule has 1 aromatic heterocycles. The molecular formula is C10H19IN2O. The average Bonchev–Trinajstić information content (AvgIpc) is 2.33. The Morgan fingerprint density at radius 1 is 1.36 bits per heavy atom. The molecule has 0 aromatic carbocycles. The highest BCUT2D eigenvalue weighted by molar-refractivity contribution is 5.02. The van der Waals surface area contributed by atoms with Gasteiger partial charge in [0.25, 0.3) is 0 Å². The number of aryl methyl sites for hydroxylation is 2. The zero-order valence-electron chi connectivity index (χ0n) is 9.38. The number of hydrogen-bond donors (Lipinski definition) is 0. The van der Waals surface area contributed by atoms with Crippen molar-refractivity contribution in [2.75, 3.05) is 27.7 Å². The molecule has 0 saturated carbocycles. The van der Waals surface area contributed by atoms with Gasteiger partial charge in [-0.15, -0.1) is 0 Å². The highest BCUT2D eigenvalue weighted by atomic mass is 127. The van der Waals surface area contributed by atoms with Crippen LogP contribution in [0.4, 0.5) is 0 Å². The van der Waals surface area contributed by atoms with Gasteiger partial charge in [-0.25, -0.2) is 0 Å². The second-order valence-electron chi connectivity index (χ2n) is 4.55. The molecule has 1 heterocycles. The van der Waals surface area contributed by atoms with Gasteiger partial charge >= 0.3 is 0 Å². The van der Waals surface area contributed by atoms with E-state index < -0.39 is 0 Å². The van der Waals surface area contributed by atoms with Gasteiger partial charge in [0.05, 0.1) is 33.4 Å². The minimum Gasteiger partial charge on any atom is -1.00 e. The first-order valence-corrected chi connectivity index (χ1v) is 4.70. The predicted molar refractivity (Wildman–Crippen MR) is 52.5 cm³/mol. The Bertz CT molecular complexity index is 265. The van der Waals surface area contributed by atoms with E-state index >= 15 is 0 Å². The average molecular weight is 310 g/mol. The van der Waals surface area contributed by atoms with E-state index in [4.69, 9.17) is 4.52 Å². The molecule has 4 heteroatoms. The lowest BCUT2D eigenvalue weighted by molar-refractivity contribution is -0.870. The van der Waals surface area contributed by atoms with Crippen LogP contribution in [-0.4, -0.2) is 37.3 Å². The third-order valence-corrected chi connectivity index (χ3v) is 1.93. The molecule has 0 aliphatic heterocycles. The largest absolute Gasteiger partial charge is 1.00 e. The fourth-order valence-corrected chi connectivity index (χ4v) is 1.26. The summed E-state index contributed by atoms with van der Waals surface area (Å²) in [5.74, 6) is 1.01. The second kappa shape index (κ2) is 5.70. The van der Waals surface area contributed by atoms with E-state index in [-0.39, 0.29) is 24.0 Å². The SMILES string of the molecule is Cc1cc(CCC[N+](C)(C)C)on1.[I-]. The third kappa shape index (κ3) is 5.59. The van der Waals surface area contributed by atoms with E-state index in [2.05, 4.69) is 26.3 Å². The molecule has 0 fully saturated rings. The summed E-state index contributed by atoms with van der Waals surface area (Å²) in [7, 11) is 6.60. The molecule has 0 bridgehead atoms. The molecule has 0 aliphatic carbocycles. The van der Waals surface area contributed by atoms with Gasteiger partial charge in [0.1, 0.15) is 5.76 Å². The van der Waals surface area contributed by atoms with Crippen molar-refractivity contribution in [2.45, 2.75) is 19.8 Å². The number of aromatic nitrogens is 1.